The third kappa shape index (κ3) is 2.93. The molecule has 1 N–H and O–H groups in total. The fourth-order valence-electron chi connectivity index (χ4n) is 2.79. The first-order chi connectivity index (χ1) is 9.36. The Morgan fingerprint density at radius 2 is 2.21 bits per heavy atom. The van der Waals surface area contributed by atoms with Gasteiger partial charge in [0.25, 0.3) is 0 Å². The second-order valence-corrected chi connectivity index (χ2v) is 6.49. The lowest BCUT2D eigenvalue weighted by Gasteiger charge is -2.22. The molecule has 1 fully saturated rings. The second kappa shape index (κ2) is 5.93. The number of likely N-dealkylation sites (N-methyl/N-ethyl adjacent to an activating group) is 1. The summed E-state index contributed by atoms with van der Waals surface area (Å²) in [6.07, 6.45) is 3.72. The summed E-state index contributed by atoms with van der Waals surface area (Å²) in [5, 5.41) is 5.45. The molecule has 0 amide bonds. The van der Waals surface area contributed by atoms with Gasteiger partial charge in [-0.1, -0.05) is 24.3 Å². The molecule has 19 heavy (non-hydrogen) atoms. The van der Waals surface area contributed by atoms with E-state index in [4.69, 9.17) is 4.98 Å². The van der Waals surface area contributed by atoms with Crippen LogP contribution >= 0.6 is 11.8 Å². The third-order valence-corrected chi connectivity index (χ3v) is 5.39. The lowest BCUT2D eigenvalue weighted by atomic mass is 10.0. The van der Waals surface area contributed by atoms with Crippen LogP contribution in [-0.2, 0) is 6.42 Å². The van der Waals surface area contributed by atoms with Gasteiger partial charge in [0.1, 0.15) is 0 Å². The molecule has 1 aliphatic heterocycles. The van der Waals surface area contributed by atoms with Gasteiger partial charge >= 0.3 is 0 Å². The van der Waals surface area contributed by atoms with E-state index in [1.807, 2.05) is 0 Å². The van der Waals surface area contributed by atoms with Crippen molar-refractivity contribution < 1.29 is 0 Å². The Hall–Kier alpha value is -1.06. The molecule has 1 aromatic carbocycles. The number of hydrogen-bond acceptors (Lipinski definition) is 3. The first-order valence-corrected chi connectivity index (χ1v) is 8.05. The van der Waals surface area contributed by atoms with E-state index >= 15 is 0 Å². The second-order valence-electron chi connectivity index (χ2n) is 5.15. The highest BCUT2D eigenvalue weighted by Crippen LogP contribution is 2.30. The zero-order chi connectivity index (χ0) is 13.1. The highest BCUT2D eigenvalue weighted by molar-refractivity contribution is 8.00. The van der Waals surface area contributed by atoms with Crippen LogP contribution in [0.3, 0.4) is 0 Å². The molecule has 0 radical (unpaired) electrons. The number of nitrogens with zero attached hydrogens (tertiary/aromatic N) is 1. The molecule has 2 heterocycles. The van der Waals surface area contributed by atoms with Crippen LogP contribution in [0.2, 0.25) is 0 Å². The normalized spacial score (nSPS) is 20.8. The SMILES string of the molecule is CNC(Cc1ccc2ccccc2n1)C1CCCS1. The molecule has 2 atom stereocenters. The van der Waals surface area contributed by atoms with Gasteiger partial charge in [-0.2, -0.15) is 11.8 Å². The van der Waals surface area contributed by atoms with Crippen LogP contribution < -0.4 is 5.32 Å². The molecule has 1 saturated heterocycles. The lowest BCUT2D eigenvalue weighted by Crippen LogP contribution is -2.36. The molecule has 2 nitrogen and oxygen atoms in total. The molecular formula is C16H20N2S. The van der Waals surface area contributed by atoms with Gasteiger partial charge in [0.2, 0.25) is 0 Å². The Bertz CT molecular complexity index is 549. The number of para-hydroxylation sites is 1. The van der Waals surface area contributed by atoms with E-state index in [1.54, 1.807) is 0 Å². The number of hydrogen-bond donors (Lipinski definition) is 1. The quantitative estimate of drug-likeness (QED) is 0.924. The van der Waals surface area contributed by atoms with Crippen LogP contribution in [0.5, 0.6) is 0 Å². The van der Waals surface area contributed by atoms with E-state index in [0.717, 1.165) is 17.2 Å². The first kappa shape index (κ1) is 12.9. The molecule has 1 aliphatic rings. The highest BCUT2D eigenvalue weighted by atomic mass is 32.2. The lowest BCUT2D eigenvalue weighted by molar-refractivity contribution is 0.519. The molecule has 0 spiro atoms. The van der Waals surface area contributed by atoms with E-state index in [-0.39, 0.29) is 0 Å². The fraction of sp³-hybridized carbons (Fsp3) is 0.438. The molecule has 100 valence electrons. The van der Waals surface area contributed by atoms with Crippen LogP contribution in [0.4, 0.5) is 0 Å². The number of pyridine rings is 1. The van der Waals surface area contributed by atoms with Gasteiger partial charge in [0.15, 0.2) is 0 Å². The zero-order valence-electron chi connectivity index (χ0n) is 11.3. The molecule has 2 aromatic rings. The van der Waals surface area contributed by atoms with E-state index in [2.05, 4.69) is 60.5 Å². The summed E-state index contributed by atoms with van der Waals surface area (Å²) in [5.74, 6) is 1.31. The Labute approximate surface area is 119 Å². The van der Waals surface area contributed by atoms with Crippen LogP contribution in [0.1, 0.15) is 18.5 Å². The summed E-state index contributed by atoms with van der Waals surface area (Å²) < 4.78 is 0. The molecule has 2 unspecified atom stereocenters. The molecular weight excluding hydrogens is 252 g/mol. The van der Waals surface area contributed by atoms with Crippen molar-refractivity contribution in [1.29, 1.82) is 0 Å². The summed E-state index contributed by atoms with van der Waals surface area (Å²) in [7, 11) is 2.07. The summed E-state index contributed by atoms with van der Waals surface area (Å²) >= 11 is 2.11. The number of rotatable bonds is 4. The molecule has 0 aliphatic carbocycles. The van der Waals surface area contributed by atoms with Crippen LogP contribution in [0.25, 0.3) is 10.9 Å². The summed E-state index contributed by atoms with van der Waals surface area (Å²) in [6, 6.07) is 13.2. The van der Waals surface area contributed by atoms with E-state index in [1.165, 1.54) is 29.7 Å². The number of thioether (sulfide) groups is 1. The predicted octanol–water partition coefficient (Wildman–Crippen LogP) is 3.26. The van der Waals surface area contributed by atoms with Gasteiger partial charge in [-0.3, -0.25) is 4.98 Å². The van der Waals surface area contributed by atoms with Gasteiger partial charge < -0.3 is 5.32 Å². The van der Waals surface area contributed by atoms with Crippen molar-refractivity contribution in [2.45, 2.75) is 30.6 Å². The monoisotopic (exact) mass is 272 g/mol. The number of nitrogens with one attached hydrogen (secondary N) is 1. The maximum Gasteiger partial charge on any atom is 0.0705 e. The zero-order valence-corrected chi connectivity index (χ0v) is 12.1. The van der Waals surface area contributed by atoms with E-state index in [0.29, 0.717) is 6.04 Å². The van der Waals surface area contributed by atoms with Gasteiger partial charge in [0.05, 0.1) is 5.52 Å². The number of benzene rings is 1. The van der Waals surface area contributed by atoms with Crippen molar-refractivity contribution in [2.24, 2.45) is 0 Å². The smallest absolute Gasteiger partial charge is 0.0705 e. The standard InChI is InChI=1S/C16H20N2S/c1-17-15(16-7-4-10-19-16)11-13-9-8-12-5-2-3-6-14(12)18-13/h2-3,5-6,8-9,15-17H,4,7,10-11H2,1H3. The van der Waals surface area contributed by atoms with E-state index < -0.39 is 0 Å². The van der Waals surface area contributed by atoms with Crippen molar-refractivity contribution in [2.75, 3.05) is 12.8 Å². The van der Waals surface area contributed by atoms with Gasteiger partial charge in [-0.15, -0.1) is 0 Å². The number of fused-ring (bicyclic) bond motifs is 1. The minimum absolute atomic E-state index is 0.543. The Balaban J connectivity index is 1.79. The minimum Gasteiger partial charge on any atom is -0.316 e. The van der Waals surface area contributed by atoms with Gasteiger partial charge in [-0.25, -0.2) is 0 Å². The van der Waals surface area contributed by atoms with Crippen LogP contribution in [0, 0.1) is 0 Å². The average molecular weight is 272 g/mol. The highest BCUT2D eigenvalue weighted by Gasteiger charge is 2.24. The predicted molar refractivity (Wildman–Crippen MR) is 83.8 cm³/mol. The largest absolute Gasteiger partial charge is 0.316 e. The molecule has 0 bridgehead atoms. The summed E-state index contributed by atoms with van der Waals surface area (Å²) in [6.45, 7) is 0. The van der Waals surface area contributed by atoms with Crippen LogP contribution in [-0.4, -0.2) is 29.1 Å². The number of aromatic nitrogens is 1. The van der Waals surface area contributed by atoms with Crippen molar-refractivity contribution in [3.63, 3.8) is 0 Å². The van der Waals surface area contributed by atoms with Gasteiger partial charge in [0, 0.05) is 28.8 Å². The average Bonchev–Trinajstić information content (AvgIpc) is 2.98. The fourth-order valence-corrected chi connectivity index (χ4v) is 4.22. The maximum atomic E-state index is 4.79. The summed E-state index contributed by atoms with van der Waals surface area (Å²) in [4.78, 5) is 4.79. The Kier molecular flexibility index (Phi) is 4.04. The molecule has 3 rings (SSSR count). The molecule has 0 saturated carbocycles. The van der Waals surface area contributed by atoms with Gasteiger partial charge in [-0.05, 0) is 37.8 Å². The Morgan fingerprint density at radius 3 is 3.00 bits per heavy atom. The minimum atomic E-state index is 0.543. The van der Waals surface area contributed by atoms with Crippen LogP contribution in [0.15, 0.2) is 36.4 Å². The van der Waals surface area contributed by atoms with Crippen molar-refractivity contribution in [3.8, 4) is 0 Å². The summed E-state index contributed by atoms with van der Waals surface area (Å²) in [5.41, 5.74) is 2.31. The van der Waals surface area contributed by atoms with Crippen molar-refractivity contribution >= 4 is 22.7 Å². The molecule has 1 aromatic heterocycles. The maximum absolute atomic E-state index is 4.79. The topological polar surface area (TPSA) is 24.9 Å². The first-order valence-electron chi connectivity index (χ1n) is 7.00. The van der Waals surface area contributed by atoms with E-state index in [9.17, 15) is 0 Å². The van der Waals surface area contributed by atoms with Crippen molar-refractivity contribution in [1.82, 2.24) is 10.3 Å². The Morgan fingerprint density at radius 1 is 1.32 bits per heavy atom. The third-order valence-electron chi connectivity index (χ3n) is 3.87. The van der Waals surface area contributed by atoms with Crippen molar-refractivity contribution in [3.05, 3.63) is 42.1 Å². The molecule has 3 heteroatoms.